The minimum Gasteiger partial charge on any atom is -0.506 e. The molecule has 0 amide bonds. The molecule has 3 N–H and O–H groups in total. The van der Waals surface area contributed by atoms with Crippen molar-refractivity contribution in [1.29, 1.82) is 0 Å². The van der Waals surface area contributed by atoms with Gasteiger partial charge in [-0.3, -0.25) is 0 Å². The second kappa shape index (κ2) is 4.11. The van der Waals surface area contributed by atoms with Gasteiger partial charge in [-0.05, 0) is 34.5 Å². The zero-order chi connectivity index (χ0) is 10.0. The van der Waals surface area contributed by atoms with E-state index in [0.717, 1.165) is 10.0 Å². The summed E-state index contributed by atoms with van der Waals surface area (Å²) in [6, 6.07) is 1.76. The fourth-order valence-corrected chi connectivity index (χ4v) is 2.05. The lowest BCUT2D eigenvalue weighted by Gasteiger charge is -2.06. The van der Waals surface area contributed by atoms with Crippen molar-refractivity contribution in [1.82, 2.24) is 0 Å². The molecule has 0 aliphatic heterocycles. The number of nitrogens with two attached hydrogens (primary N) is 1. The van der Waals surface area contributed by atoms with Crippen LogP contribution < -0.4 is 5.84 Å². The van der Waals surface area contributed by atoms with Gasteiger partial charge >= 0.3 is 0 Å². The molecule has 3 nitrogen and oxygen atoms in total. The lowest BCUT2D eigenvalue weighted by atomic mass is 10.1. The van der Waals surface area contributed by atoms with Crippen LogP contribution >= 0.6 is 31.9 Å². The van der Waals surface area contributed by atoms with Gasteiger partial charge in [-0.25, -0.2) is 0 Å². The predicted octanol–water partition coefficient (Wildman–Crippen LogP) is 2.52. The van der Waals surface area contributed by atoms with Crippen molar-refractivity contribution in [2.24, 2.45) is 10.9 Å². The zero-order valence-electron chi connectivity index (χ0n) is 6.88. The van der Waals surface area contributed by atoms with Gasteiger partial charge in [-0.15, -0.1) is 0 Å². The fraction of sp³-hybridized carbons (Fsp3) is 0.125. The number of rotatable bonds is 1. The Labute approximate surface area is 92.9 Å². The Morgan fingerprint density at radius 2 is 2.15 bits per heavy atom. The van der Waals surface area contributed by atoms with E-state index in [9.17, 15) is 5.11 Å². The molecule has 0 radical (unpaired) electrons. The Bertz CT molecular complexity index is 364. The maximum Gasteiger partial charge on any atom is 0.138 e. The average Bonchev–Trinajstić information content (AvgIpc) is 2.11. The highest BCUT2D eigenvalue weighted by atomic mass is 79.9. The maximum atomic E-state index is 9.62. The van der Waals surface area contributed by atoms with Crippen LogP contribution in [0.2, 0.25) is 0 Å². The first kappa shape index (κ1) is 10.5. The van der Waals surface area contributed by atoms with E-state index < -0.39 is 0 Å². The first-order valence-corrected chi connectivity index (χ1v) is 5.07. The quantitative estimate of drug-likeness (QED) is 0.476. The van der Waals surface area contributed by atoms with E-state index >= 15 is 0 Å². The summed E-state index contributed by atoms with van der Waals surface area (Å²) in [5.74, 6) is 5.14. The van der Waals surface area contributed by atoms with Crippen molar-refractivity contribution in [2.45, 2.75) is 6.92 Å². The number of hydrogen-bond acceptors (Lipinski definition) is 3. The van der Waals surface area contributed by atoms with Crippen LogP contribution in [0.1, 0.15) is 11.1 Å². The molecular formula is C8H8Br2N2O. The Morgan fingerprint density at radius 3 is 2.69 bits per heavy atom. The summed E-state index contributed by atoms with van der Waals surface area (Å²) in [7, 11) is 0. The van der Waals surface area contributed by atoms with Crippen LogP contribution in [-0.4, -0.2) is 11.3 Å². The summed E-state index contributed by atoms with van der Waals surface area (Å²) in [6.07, 6.45) is 1.39. The van der Waals surface area contributed by atoms with Gasteiger partial charge in [0.25, 0.3) is 0 Å². The molecule has 0 aromatic heterocycles. The Morgan fingerprint density at radius 1 is 1.54 bits per heavy atom. The molecule has 1 rings (SSSR count). The van der Waals surface area contributed by atoms with Gasteiger partial charge in [0.2, 0.25) is 0 Å². The number of hydrazone groups is 1. The highest BCUT2D eigenvalue weighted by Gasteiger charge is 2.09. The molecule has 1 aromatic rings. The molecule has 13 heavy (non-hydrogen) atoms. The molecule has 0 saturated carbocycles. The van der Waals surface area contributed by atoms with Crippen molar-refractivity contribution in [2.75, 3.05) is 0 Å². The number of halogens is 2. The summed E-state index contributed by atoms with van der Waals surface area (Å²) in [4.78, 5) is 0. The summed E-state index contributed by atoms with van der Waals surface area (Å²) in [5.41, 5.74) is 1.51. The number of phenols is 1. The second-order valence-electron chi connectivity index (χ2n) is 2.51. The molecule has 0 atom stereocenters. The van der Waals surface area contributed by atoms with Gasteiger partial charge in [0, 0.05) is 10.0 Å². The third-order valence-corrected chi connectivity index (χ3v) is 3.46. The number of aromatic hydroxyl groups is 1. The molecule has 0 aliphatic rings. The van der Waals surface area contributed by atoms with Crippen molar-refractivity contribution >= 4 is 38.1 Å². The first-order valence-electron chi connectivity index (χ1n) is 3.48. The topological polar surface area (TPSA) is 58.6 Å². The molecule has 0 bridgehead atoms. The lowest BCUT2D eigenvalue weighted by molar-refractivity contribution is 0.470. The van der Waals surface area contributed by atoms with Gasteiger partial charge in [-0.1, -0.05) is 15.9 Å². The van der Waals surface area contributed by atoms with Gasteiger partial charge in [-0.2, -0.15) is 5.10 Å². The van der Waals surface area contributed by atoms with Crippen LogP contribution in [0.25, 0.3) is 0 Å². The third-order valence-electron chi connectivity index (χ3n) is 1.66. The van der Waals surface area contributed by atoms with E-state index in [1.807, 2.05) is 6.92 Å². The Hall–Kier alpha value is -0.550. The molecule has 0 aliphatic carbocycles. The first-order chi connectivity index (χ1) is 6.07. The van der Waals surface area contributed by atoms with Crippen molar-refractivity contribution in [3.8, 4) is 5.75 Å². The molecule has 5 heteroatoms. The van der Waals surface area contributed by atoms with E-state index in [-0.39, 0.29) is 5.75 Å². The molecule has 0 spiro atoms. The zero-order valence-corrected chi connectivity index (χ0v) is 10.1. The minimum absolute atomic E-state index is 0.148. The molecular weight excluding hydrogens is 300 g/mol. The Balaban J connectivity index is 3.40. The van der Waals surface area contributed by atoms with Crippen molar-refractivity contribution < 1.29 is 5.11 Å². The smallest absolute Gasteiger partial charge is 0.138 e. The largest absolute Gasteiger partial charge is 0.506 e. The predicted molar refractivity (Wildman–Crippen MR) is 60.0 cm³/mol. The lowest BCUT2D eigenvalue weighted by Crippen LogP contribution is -1.90. The SMILES string of the molecule is Cc1c(Br)cc(C=NN)c(O)c1Br. The van der Waals surface area contributed by atoms with Crippen LogP contribution in [0.15, 0.2) is 20.1 Å². The van der Waals surface area contributed by atoms with Gasteiger partial charge in [0.15, 0.2) is 0 Å². The summed E-state index contributed by atoms with van der Waals surface area (Å²) < 4.78 is 1.55. The minimum atomic E-state index is 0.148. The van der Waals surface area contributed by atoms with E-state index in [4.69, 9.17) is 5.84 Å². The average molecular weight is 308 g/mol. The summed E-state index contributed by atoms with van der Waals surface area (Å²) >= 11 is 6.63. The monoisotopic (exact) mass is 306 g/mol. The van der Waals surface area contributed by atoms with Gasteiger partial charge in [0.05, 0.1) is 10.7 Å². The van der Waals surface area contributed by atoms with Crippen LogP contribution in [0, 0.1) is 6.92 Å². The summed E-state index contributed by atoms with van der Waals surface area (Å²) in [6.45, 7) is 1.89. The van der Waals surface area contributed by atoms with E-state index in [2.05, 4.69) is 37.0 Å². The molecule has 0 heterocycles. The number of benzene rings is 1. The normalized spacial score (nSPS) is 11.0. The molecule has 1 aromatic carbocycles. The van der Waals surface area contributed by atoms with E-state index in [0.29, 0.717) is 10.0 Å². The van der Waals surface area contributed by atoms with Gasteiger partial charge < -0.3 is 10.9 Å². The van der Waals surface area contributed by atoms with E-state index in [1.165, 1.54) is 6.21 Å². The number of phenolic OH excluding ortho intramolecular Hbond substituents is 1. The standard InChI is InChI=1S/C8H8Br2N2O/c1-4-6(9)2-5(3-12-11)8(13)7(4)10/h2-3,13H,11H2,1H3. The summed E-state index contributed by atoms with van der Waals surface area (Å²) in [5, 5.41) is 13.0. The van der Waals surface area contributed by atoms with Crippen molar-refractivity contribution in [3.05, 3.63) is 26.1 Å². The maximum absolute atomic E-state index is 9.62. The molecule has 0 saturated heterocycles. The van der Waals surface area contributed by atoms with Gasteiger partial charge in [0.1, 0.15) is 5.75 Å². The van der Waals surface area contributed by atoms with Crippen LogP contribution in [0.4, 0.5) is 0 Å². The van der Waals surface area contributed by atoms with E-state index in [1.54, 1.807) is 6.07 Å². The number of nitrogens with zero attached hydrogens (tertiary/aromatic N) is 1. The molecule has 70 valence electrons. The van der Waals surface area contributed by atoms with Crippen molar-refractivity contribution in [3.63, 3.8) is 0 Å². The molecule has 0 fully saturated rings. The van der Waals surface area contributed by atoms with Crippen LogP contribution in [-0.2, 0) is 0 Å². The van der Waals surface area contributed by atoms with Crippen LogP contribution in [0.3, 0.4) is 0 Å². The number of hydrogen-bond donors (Lipinski definition) is 2. The Kier molecular flexibility index (Phi) is 3.33. The third kappa shape index (κ3) is 2.03. The van der Waals surface area contributed by atoms with Crippen LogP contribution in [0.5, 0.6) is 5.75 Å². The second-order valence-corrected chi connectivity index (χ2v) is 4.16. The fourth-order valence-electron chi connectivity index (χ4n) is 0.901. The highest BCUT2D eigenvalue weighted by molar-refractivity contribution is 9.11. The molecule has 0 unspecified atom stereocenters. The highest BCUT2D eigenvalue weighted by Crippen LogP contribution is 2.34.